The molecule has 0 bridgehead atoms. The summed E-state index contributed by atoms with van der Waals surface area (Å²) in [5.74, 6) is 0.842. The van der Waals surface area contributed by atoms with Crippen LogP contribution in [0.1, 0.15) is 38.5 Å². The van der Waals surface area contributed by atoms with Gasteiger partial charge in [-0.25, -0.2) is 0 Å². The fourth-order valence-electron chi connectivity index (χ4n) is 4.30. The Bertz CT molecular complexity index is 624. The van der Waals surface area contributed by atoms with Crippen LogP contribution in [-0.4, -0.2) is 71.8 Å². The summed E-state index contributed by atoms with van der Waals surface area (Å²) in [6, 6.07) is 8.66. The lowest BCUT2D eigenvalue weighted by molar-refractivity contribution is -0.117. The van der Waals surface area contributed by atoms with Crippen LogP contribution in [-0.2, 0) is 4.79 Å². The molecule has 2 aliphatic heterocycles. The summed E-state index contributed by atoms with van der Waals surface area (Å²) >= 11 is 0. The Kier molecular flexibility index (Phi) is 5.95. The number of hydrogen-bond donors (Lipinski definition) is 2. The van der Waals surface area contributed by atoms with Crippen molar-refractivity contribution in [1.82, 2.24) is 9.80 Å². The maximum Gasteiger partial charge on any atom is 0.238 e. The topological polar surface area (TPSA) is 65.0 Å². The zero-order chi connectivity index (χ0) is 18.6. The predicted octanol–water partition coefficient (Wildman–Crippen LogP) is 2.09. The lowest BCUT2D eigenvalue weighted by Crippen LogP contribution is -2.39. The van der Waals surface area contributed by atoms with E-state index in [4.69, 9.17) is 4.74 Å². The quantitative estimate of drug-likeness (QED) is 0.766. The van der Waals surface area contributed by atoms with Gasteiger partial charge in [-0.05, 0) is 69.3 Å². The molecule has 1 saturated carbocycles. The van der Waals surface area contributed by atoms with Crippen molar-refractivity contribution >= 4 is 11.6 Å². The maximum absolute atomic E-state index is 12.3. The van der Waals surface area contributed by atoms with E-state index in [1.165, 1.54) is 12.8 Å². The molecule has 2 heterocycles. The van der Waals surface area contributed by atoms with Crippen LogP contribution in [0.15, 0.2) is 24.3 Å². The molecule has 1 unspecified atom stereocenters. The Morgan fingerprint density at radius 1 is 1.07 bits per heavy atom. The molecule has 0 radical (unpaired) electrons. The molecular formula is C21H31N3O3. The van der Waals surface area contributed by atoms with E-state index in [0.29, 0.717) is 12.6 Å². The first-order chi connectivity index (χ1) is 13.2. The predicted molar refractivity (Wildman–Crippen MR) is 105 cm³/mol. The van der Waals surface area contributed by atoms with E-state index in [1.54, 1.807) is 0 Å². The molecule has 1 aromatic carbocycles. The second kappa shape index (κ2) is 8.59. The van der Waals surface area contributed by atoms with E-state index in [9.17, 15) is 9.90 Å². The van der Waals surface area contributed by atoms with Gasteiger partial charge in [-0.3, -0.25) is 9.69 Å². The summed E-state index contributed by atoms with van der Waals surface area (Å²) in [6.45, 7) is 3.64. The van der Waals surface area contributed by atoms with Crippen molar-refractivity contribution in [2.75, 3.05) is 38.1 Å². The third-order valence-corrected chi connectivity index (χ3v) is 6.04. The minimum Gasteiger partial charge on any atom is -0.490 e. The highest BCUT2D eigenvalue weighted by Crippen LogP contribution is 2.30. The number of nitrogens with one attached hydrogen (secondary N) is 1. The van der Waals surface area contributed by atoms with E-state index in [2.05, 4.69) is 15.1 Å². The highest BCUT2D eigenvalue weighted by molar-refractivity contribution is 5.92. The minimum atomic E-state index is -0.0310. The summed E-state index contributed by atoms with van der Waals surface area (Å²) in [6.07, 6.45) is 7.24. The average Bonchev–Trinajstić information content (AvgIpc) is 3.44. The molecule has 6 nitrogen and oxygen atoms in total. The molecule has 1 aromatic rings. The number of carbonyl (C=O) groups is 1. The maximum atomic E-state index is 12.3. The molecule has 27 heavy (non-hydrogen) atoms. The zero-order valence-corrected chi connectivity index (χ0v) is 16.0. The van der Waals surface area contributed by atoms with Crippen LogP contribution in [0.25, 0.3) is 0 Å². The second-order valence-electron chi connectivity index (χ2n) is 8.11. The van der Waals surface area contributed by atoms with Crippen molar-refractivity contribution in [1.29, 1.82) is 0 Å². The Hall–Kier alpha value is -1.63. The molecule has 3 fully saturated rings. The first kappa shape index (κ1) is 18.7. The number of aliphatic hydroxyl groups is 1. The van der Waals surface area contributed by atoms with Crippen LogP contribution >= 0.6 is 0 Å². The smallest absolute Gasteiger partial charge is 0.238 e. The standard InChI is InChI=1S/C21H31N3O3/c25-15-18-2-1-11-24(18)14-21(26)22-16-3-7-19(8-4-16)27-20-9-12-23(13-10-20)17-5-6-17/h3-4,7-8,17-18,20,25H,1-2,5-6,9-15H2,(H,22,26). The molecule has 4 rings (SSSR count). The summed E-state index contributed by atoms with van der Waals surface area (Å²) < 4.78 is 6.12. The summed E-state index contributed by atoms with van der Waals surface area (Å²) in [7, 11) is 0. The van der Waals surface area contributed by atoms with Crippen LogP contribution in [0.3, 0.4) is 0 Å². The van der Waals surface area contributed by atoms with Crippen molar-refractivity contribution < 1.29 is 14.6 Å². The zero-order valence-electron chi connectivity index (χ0n) is 16.0. The van der Waals surface area contributed by atoms with Crippen LogP contribution in [0.2, 0.25) is 0 Å². The van der Waals surface area contributed by atoms with Gasteiger partial charge in [0.25, 0.3) is 0 Å². The number of benzene rings is 1. The van der Waals surface area contributed by atoms with Crippen molar-refractivity contribution in [3.63, 3.8) is 0 Å². The number of anilines is 1. The number of aliphatic hydroxyl groups excluding tert-OH is 1. The molecular weight excluding hydrogens is 342 g/mol. The Morgan fingerprint density at radius 2 is 1.81 bits per heavy atom. The third-order valence-electron chi connectivity index (χ3n) is 6.04. The minimum absolute atomic E-state index is 0.0310. The van der Waals surface area contributed by atoms with E-state index < -0.39 is 0 Å². The first-order valence-electron chi connectivity index (χ1n) is 10.4. The van der Waals surface area contributed by atoms with Crippen LogP contribution in [0, 0.1) is 0 Å². The Labute approximate surface area is 161 Å². The van der Waals surface area contributed by atoms with Gasteiger partial charge in [0.2, 0.25) is 5.91 Å². The van der Waals surface area contributed by atoms with Crippen molar-refractivity contribution in [2.24, 2.45) is 0 Å². The number of amides is 1. The van der Waals surface area contributed by atoms with Crippen molar-refractivity contribution in [3.8, 4) is 5.75 Å². The van der Waals surface area contributed by atoms with Crippen molar-refractivity contribution in [2.45, 2.75) is 56.7 Å². The van der Waals surface area contributed by atoms with Gasteiger partial charge >= 0.3 is 0 Å². The molecule has 2 saturated heterocycles. The van der Waals surface area contributed by atoms with Crippen molar-refractivity contribution in [3.05, 3.63) is 24.3 Å². The molecule has 0 aromatic heterocycles. The van der Waals surface area contributed by atoms with Gasteiger partial charge in [0, 0.05) is 30.9 Å². The fourth-order valence-corrected chi connectivity index (χ4v) is 4.30. The summed E-state index contributed by atoms with van der Waals surface area (Å²) in [5, 5.41) is 12.3. The van der Waals surface area contributed by atoms with Gasteiger partial charge < -0.3 is 20.1 Å². The third kappa shape index (κ3) is 5.00. The number of hydrogen-bond acceptors (Lipinski definition) is 5. The van der Waals surface area contributed by atoms with Gasteiger partial charge in [0.15, 0.2) is 0 Å². The summed E-state index contributed by atoms with van der Waals surface area (Å²) in [5.41, 5.74) is 0.788. The highest BCUT2D eigenvalue weighted by Gasteiger charge is 2.32. The Morgan fingerprint density at radius 3 is 2.48 bits per heavy atom. The number of nitrogens with zero attached hydrogens (tertiary/aromatic N) is 2. The molecule has 1 atom stereocenters. The van der Waals surface area contributed by atoms with E-state index >= 15 is 0 Å². The van der Waals surface area contributed by atoms with E-state index in [-0.39, 0.29) is 18.6 Å². The molecule has 148 valence electrons. The lowest BCUT2D eigenvalue weighted by Gasteiger charge is -2.32. The van der Waals surface area contributed by atoms with Crippen LogP contribution in [0.4, 0.5) is 5.69 Å². The number of ether oxygens (including phenoxy) is 1. The highest BCUT2D eigenvalue weighted by atomic mass is 16.5. The van der Waals surface area contributed by atoms with Crippen LogP contribution in [0.5, 0.6) is 5.75 Å². The first-order valence-corrected chi connectivity index (χ1v) is 10.4. The van der Waals surface area contributed by atoms with Crippen LogP contribution < -0.4 is 10.1 Å². The molecule has 0 spiro atoms. The number of piperidine rings is 1. The SMILES string of the molecule is O=C(CN1CCCC1CO)Nc1ccc(OC2CCN(C3CC3)CC2)cc1. The normalized spacial score (nSPS) is 24.9. The molecule has 1 amide bonds. The molecule has 6 heteroatoms. The van der Waals surface area contributed by atoms with Gasteiger partial charge in [-0.1, -0.05) is 0 Å². The second-order valence-corrected chi connectivity index (χ2v) is 8.11. The molecule has 3 aliphatic rings. The number of likely N-dealkylation sites (tertiary alicyclic amines) is 2. The Balaban J connectivity index is 1.22. The largest absolute Gasteiger partial charge is 0.490 e. The van der Waals surface area contributed by atoms with E-state index in [1.807, 2.05) is 24.3 Å². The number of rotatable bonds is 7. The molecule has 1 aliphatic carbocycles. The fraction of sp³-hybridized carbons (Fsp3) is 0.667. The van der Waals surface area contributed by atoms with Gasteiger partial charge in [-0.15, -0.1) is 0 Å². The van der Waals surface area contributed by atoms with Gasteiger partial charge in [0.05, 0.1) is 13.2 Å². The molecule has 2 N–H and O–H groups in total. The average molecular weight is 373 g/mol. The van der Waals surface area contributed by atoms with E-state index in [0.717, 1.165) is 62.8 Å². The lowest BCUT2D eigenvalue weighted by atomic mass is 10.1. The summed E-state index contributed by atoms with van der Waals surface area (Å²) in [4.78, 5) is 16.9. The monoisotopic (exact) mass is 373 g/mol. The number of carbonyl (C=O) groups excluding carboxylic acids is 1. The van der Waals surface area contributed by atoms with Gasteiger partial charge in [0.1, 0.15) is 11.9 Å². The van der Waals surface area contributed by atoms with Gasteiger partial charge in [-0.2, -0.15) is 0 Å².